The zero-order chi connectivity index (χ0) is 61.7. The van der Waals surface area contributed by atoms with Crippen LogP contribution in [0, 0.1) is 11.3 Å². The van der Waals surface area contributed by atoms with E-state index in [0.29, 0.717) is 39.8 Å². The number of hydrogen-bond donors (Lipinski definition) is 8. The van der Waals surface area contributed by atoms with Gasteiger partial charge in [0.15, 0.2) is 0 Å². The second kappa shape index (κ2) is 26.5. The highest BCUT2D eigenvalue weighted by molar-refractivity contribution is 7.15. The van der Waals surface area contributed by atoms with Crippen LogP contribution in [0.2, 0.25) is 0 Å². The lowest BCUT2D eigenvalue weighted by Crippen LogP contribution is -2.52. The molecule has 7 amide bonds. The first kappa shape index (κ1) is 62.1. The highest BCUT2D eigenvalue weighted by Gasteiger charge is 2.38. The predicted octanol–water partition coefficient (Wildman–Crippen LogP) is 6.02. The van der Waals surface area contributed by atoms with Crippen LogP contribution in [0.15, 0.2) is 62.3 Å². The Morgan fingerprint density at radius 3 is 2.05 bits per heavy atom. The maximum atomic E-state index is 14.5. The van der Waals surface area contributed by atoms with Crippen molar-refractivity contribution >= 4 is 121 Å². The van der Waals surface area contributed by atoms with Gasteiger partial charge in [-0.1, -0.05) is 12.2 Å². The van der Waals surface area contributed by atoms with E-state index in [0.717, 1.165) is 56.7 Å². The molecule has 0 radical (unpaired) electrons. The molecule has 7 aromatic heterocycles. The number of nitrogens with one attached hydrogen (secondary N) is 6. The van der Waals surface area contributed by atoms with Gasteiger partial charge in [-0.2, -0.15) is 5.26 Å². The third-order valence-corrected chi connectivity index (χ3v) is 18.4. The Kier molecular flexibility index (Phi) is 19.1. The molecule has 86 heavy (non-hydrogen) atoms. The van der Waals surface area contributed by atoms with E-state index in [4.69, 9.17) is 19.7 Å². The topological polar surface area (TPSA) is 376 Å². The lowest BCUT2D eigenvalue weighted by atomic mass is 9.99. The van der Waals surface area contributed by atoms with Crippen LogP contribution in [-0.2, 0) is 19.1 Å². The molecule has 0 spiro atoms. The fourth-order valence-corrected chi connectivity index (χ4v) is 13.8. The second-order valence-electron chi connectivity index (χ2n) is 19.9. The normalized spacial score (nSPS) is 19.0. The van der Waals surface area contributed by atoms with Crippen LogP contribution in [-0.4, -0.2) is 140 Å². The number of amides is 7. The van der Waals surface area contributed by atoms with Crippen LogP contribution < -0.4 is 31.9 Å². The van der Waals surface area contributed by atoms with Crippen LogP contribution >= 0.6 is 68.0 Å². The van der Waals surface area contributed by atoms with Gasteiger partial charge in [-0.05, 0) is 73.4 Å². The molecule has 446 valence electrons. The molecule has 26 nitrogen and oxygen atoms in total. The van der Waals surface area contributed by atoms with Gasteiger partial charge in [0.25, 0.3) is 29.5 Å². The fourth-order valence-electron chi connectivity index (χ4n) is 8.58. The van der Waals surface area contributed by atoms with Gasteiger partial charge in [0.1, 0.15) is 112 Å². The Morgan fingerprint density at radius 2 is 1.36 bits per heavy atom. The highest BCUT2D eigenvalue weighted by Crippen LogP contribution is 2.39. The molecule has 2 aliphatic rings. The third kappa shape index (κ3) is 14.0. The van der Waals surface area contributed by atoms with Gasteiger partial charge < -0.3 is 46.9 Å². The number of nitrogens with zero attached hydrogens (tertiary/aromatic N) is 9. The van der Waals surface area contributed by atoms with Crippen molar-refractivity contribution in [1.82, 2.24) is 71.7 Å². The summed E-state index contributed by atoms with van der Waals surface area (Å²) in [6, 6.07) is 0.913. The molecular weight excluding hydrogens is 1230 g/mol. The molecule has 7 aromatic rings. The van der Waals surface area contributed by atoms with Crippen molar-refractivity contribution in [3.05, 3.63) is 100 Å². The number of rotatable bonds is 11. The molecule has 8 bridgehead atoms. The average molecular weight is 1280 g/mol. The summed E-state index contributed by atoms with van der Waals surface area (Å²) in [4.78, 5) is 142. The lowest BCUT2D eigenvalue weighted by molar-refractivity contribution is -0.124. The molecule has 32 heteroatoms. The summed E-state index contributed by atoms with van der Waals surface area (Å²) < 4.78 is 6.00. The summed E-state index contributed by atoms with van der Waals surface area (Å²) in [5, 5.41) is 58.9. The van der Waals surface area contributed by atoms with Crippen molar-refractivity contribution in [3.63, 3.8) is 0 Å². The van der Waals surface area contributed by atoms with E-state index in [9.17, 15) is 53.8 Å². The molecule has 6 atom stereocenters. The minimum Gasteiger partial charge on any atom is -0.444 e. The van der Waals surface area contributed by atoms with Gasteiger partial charge in [-0.15, -0.1) is 68.0 Å². The molecule has 1 fully saturated rings. The lowest BCUT2D eigenvalue weighted by Gasteiger charge is -2.28. The van der Waals surface area contributed by atoms with Crippen molar-refractivity contribution < 1.29 is 53.3 Å². The number of allylic oxidation sites excluding steroid dienone is 2. The number of ketones is 1. The number of aliphatic hydroxyl groups excluding tert-OH is 1. The first-order valence-electron chi connectivity index (χ1n) is 26.2. The summed E-state index contributed by atoms with van der Waals surface area (Å²) in [6.45, 7) is 10.3. The van der Waals surface area contributed by atoms with E-state index < -0.39 is 83.5 Å². The van der Waals surface area contributed by atoms with E-state index in [-0.39, 0.29) is 84.5 Å². The van der Waals surface area contributed by atoms with Gasteiger partial charge in [-0.25, -0.2) is 39.7 Å². The van der Waals surface area contributed by atoms with E-state index in [2.05, 4.69) is 57.9 Å². The van der Waals surface area contributed by atoms with Crippen molar-refractivity contribution in [2.45, 2.75) is 103 Å². The number of likely N-dealkylation sites (tertiary alicyclic amines) is 1. The minimum absolute atomic E-state index is 0.00293. The van der Waals surface area contributed by atoms with E-state index in [1.807, 2.05) is 0 Å². The number of aliphatic hydroxyl groups is 2. The SMILES string of the molecule is C/C=C(\NC(=O)c1csc(-c2csc(-c3ccc4c(n3)-c3csc(n3)C(C(C)OC(=O)N3CCC[C@@H]3C#N)NC(=O)c3csc(n3)C(C(C)(C)O)NC(=O)c3csc(n3)/C(=C/C)NC(=O)C(C(C)O)NC(=O)c3csc-4n3)n2)n1)C(=O)NCC(C)=O. The van der Waals surface area contributed by atoms with Gasteiger partial charge in [0.2, 0.25) is 5.91 Å². The third-order valence-electron chi connectivity index (χ3n) is 13.1. The van der Waals surface area contributed by atoms with Crippen molar-refractivity contribution in [1.29, 1.82) is 5.26 Å². The zero-order valence-electron chi connectivity index (χ0n) is 46.6. The summed E-state index contributed by atoms with van der Waals surface area (Å²) in [5.41, 5.74) is -0.293. The van der Waals surface area contributed by atoms with Gasteiger partial charge in [-0.3, -0.25) is 38.5 Å². The first-order valence-corrected chi connectivity index (χ1v) is 31.5. The molecule has 0 saturated carbocycles. The van der Waals surface area contributed by atoms with Crippen LogP contribution in [0.4, 0.5) is 4.79 Å². The van der Waals surface area contributed by atoms with Gasteiger partial charge in [0, 0.05) is 44.4 Å². The Morgan fingerprint density at radius 1 is 0.767 bits per heavy atom. The van der Waals surface area contributed by atoms with Crippen molar-refractivity contribution in [2.24, 2.45) is 0 Å². The van der Waals surface area contributed by atoms with Gasteiger partial charge >= 0.3 is 6.09 Å². The molecular formula is C54H53N15O11S6. The van der Waals surface area contributed by atoms with E-state index in [1.165, 1.54) is 77.6 Å². The second-order valence-corrected chi connectivity index (χ2v) is 25.1. The summed E-state index contributed by atoms with van der Waals surface area (Å²) in [7, 11) is 0. The molecule has 9 heterocycles. The Labute approximate surface area is 514 Å². The van der Waals surface area contributed by atoms with Crippen LogP contribution in [0.25, 0.3) is 49.1 Å². The number of fused-ring (bicyclic) bond motifs is 11. The summed E-state index contributed by atoms with van der Waals surface area (Å²) in [6.07, 6.45) is 0.614. The Bertz CT molecular complexity index is 3900. The summed E-state index contributed by atoms with van der Waals surface area (Å²) in [5.74, 6) is -4.67. The van der Waals surface area contributed by atoms with Crippen LogP contribution in [0.3, 0.4) is 0 Å². The molecule has 8 N–H and O–H groups in total. The maximum absolute atomic E-state index is 14.5. The standard InChI is InChI=1S/C54H53N15O11S6/c1-8-28(41(72)56-16-23(3)70)58-42(73)32-19-83-50(63-32)36-22-84-49(65-36)30-13-12-27-39(57-30)31-17-85-51(60-31)38(25(5)80-53(78)69-14-10-11-26(69)15-55)67-44(75)34-21-86-52(64-34)40(54(6,7)79)68-45(76)35-20-82-48(62-35)29(9-2)59-46(77)37(24(4)71)66-43(74)33-18-81-47(27)61-33/h8-9,12-13,17-22,24-26,37-38,40,71,79H,10-11,14,16H2,1-7H3,(H,56,72)(H,58,73)(H,59,77)(H,66,74)(H,67,75)(H,68,76)/b28-8-,29-9-/t24?,25?,26-,37?,38?,40?/m1/s1. The zero-order valence-corrected chi connectivity index (χ0v) is 51.5. The molecule has 9 rings (SSSR count). The number of carbonyl (C=O) groups is 8. The molecule has 0 aromatic carbocycles. The van der Waals surface area contributed by atoms with Crippen LogP contribution in [0.5, 0.6) is 0 Å². The number of thiazole rings is 6. The number of ether oxygens (including phenoxy) is 1. The monoisotopic (exact) mass is 1280 g/mol. The fraction of sp³-hybridized carbons (Fsp3) is 0.333. The van der Waals surface area contributed by atoms with E-state index >= 15 is 0 Å². The number of aromatic nitrogens is 7. The largest absolute Gasteiger partial charge is 0.444 e. The molecule has 2 aliphatic heterocycles. The van der Waals surface area contributed by atoms with Crippen molar-refractivity contribution in [3.8, 4) is 49.4 Å². The molecule has 0 aliphatic carbocycles. The van der Waals surface area contributed by atoms with Gasteiger partial charge in [0.05, 0.1) is 35.7 Å². The Hall–Kier alpha value is -8.42. The minimum atomic E-state index is -1.65. The molecule has 1 saturated heterocycles. The number of pyridine rings is 1. The number of nitriles is 1. The highest BCUT2D eigenvalue weighted by atomic mass is 32.1. The maximum Gasteiger partial charge on any atom is 0.411 e. The summed E-state index contributed by atoms with van der Waals surface area (Å²) >= 11 is 6.50. The average Bonchev–Trinajstić information content (AvgIpc) is 4.55. The number of carbonyl (C=O) groups excluding carboxylic acids is 8. The Balaban J connectivity index is 1.11. The van der Waals surface area contributed by atoms with Crippen molar-refractivity contribution in [2.75, 3.05) is 13.1 Å². The van der Waals surface area contributed by atoms with E-state index in [1.54, 1.807) is 43.7 Å². The first-order chi connectivity index (χ1) is 41.0. The smallest absolute Gasteiger partial charge is 0.411 e. The predicted molar refractivity (Wildman–Crippen MR) is 321 cm³/mol. The molecule has 5 unspecified atom stereocenters. The number of Topliss-reactive ketones (excluding diaryl/α,β-unsaturated/α-hetero) is 1. The number of hydrogen-bond acceptors (Lipinski definition) is 25. The van der Waals surface area contributed by atoms with Crippen LogP contribution in [0.1, 0.15) is 130 Å². The quantitative estimate of drug-likeness (QED) is 0.0686.